The van der Waals surface area contributed by atoms with E-state index in [9.17, 15) is 9.59 Å². The van der Waals surface area contributed by atoms with Gasteiger partial charge in [-0.2, -0.15) is 0 Å². The maximum atomic E-state index is 12.9. The van der Waals surface area contributed by atoms with Gasteiger partial charge in [-0.25, -0.2) is 0 Å². The molecule has 0 bridgehead atoms. The van der Waals surface area contributed by atoms with Crippen molar-refractivity contribution >= 4 is 69.2 Å². The topological polar surface area (TPSA) is 58.6 Å². The normalized spacial score (nSPS) is 14.6. The Kier molecular flexibility index (Phi) is 7.13. The second-order valence-corrected chi connectivity index (χ2v) is 9.26. The molecule has 8 heteroatoms. The standard InChI is InChI=1S/C25H19ClN2O3S2/c1-16-20(26)11-6-12-21(16)27-23(29)15-31-19-10-5-7-17(13-19)14-22-24(30)28(25(32)33-22)18-8-3-2-4-9-18/h2-14H,15H2,1H3,(H,27,29)/b22-14-. The highest BCUT2D eigenvalue weighted by molar-refractivity contribution is 8.27. The van der Waals surface area contributed by atoms with Crippen molar-refractivity contribution in [1.82, 2.24) is 0 Å². The summed E-state index contributed by atoms with van der Waals surface area (Å²) in [5, 5.41) is 3.38. The third-order valence-corrected chi connectivity index (χ3v) is 6.59. The summed E-state index contributed by atoms with van der Waals surface area (Å²) in [6, 6.07) is 21.8. The van der Waals surface area contributed by atoms with Crippen LogP contribution in [-0.2, 0) is 9.59 Å². The number of rotatable bonds is 6. The Morgan fingerprint density at radius 1 is 1.12 bits per heavy atom. The molecule has 4 rings (SSSR count). The highest BCUT2D eigenvalue weighted by Gasteiger charge is 2.33. The molecule has 1 N–H and O–H groups in total. The number of carbonyl (C=O) groups is 2. The van der Waals surface area contributed by atoms with Gasteiger partial charge in [0.2, 0.25) is 0 Å². The fourth-order valence-corrected chi connectivity index (χ4v) is 4.66. The summed E-state index contributed by atoms with van der Waals surface area (Å²) in [7, 11) is 0. The van der Waals surface area contributed by atoms with Crippen molar-refractivity contribution < 1.29 is 14.3 Å². The number of halogens is 1. The molecule has 0 aromatic heterocycles. The van der Waals surface area contributed by atoms with Gasteiger partial charge in [0, 0.05) is 10.7 Å². The number of para-hydroxylation sites is 1. The van der Waals surface area contributed by atoms with Gasteiger partial charge in [0.1, 0.15) is 5.75 Å². The van der Waals surface area contributed by atoms with Gasteiger partial charge in [-0.15, -0.1) is 0 Å². The Balaban J connectivity index is 1.42. The third-order valence-electron chi connectivity index (χ3n) is 4.88. The first kappa shape index (κ1) is 23.0. The third kappa shape index (κ3) is 5.45. The van der Waals surface area contributed by atoms with E-state index in [1.807, 2.05) is 43.3 Å². The average Bonchev–Trinajstić information content (AvgIpc) is 3.09. The summed E-state index contributed by atoms with van der Waals surface area (Å²) in [5.41, 5.74) is 2.95. The molecule has 1 fully saturated rings. The van der Waals surface area contributed by atoms with E-state index in [2.05, 4.69) is 5.32 Å². The predicted octanol–water partition coefficient (Wildman–Crippen LogP) is 6.07. The van der Waals surface area contributed by atoms with Crippen molar-refractivity contribution in [3.05, 3.63) is 93.9 Å². The molecule has 1 heterocycles. The minimum absolute atomic E-state index is 0.161. The molecule has 3 aromatic carbocycles. The molecular weight excluding hydrogens is 476 g/mol. The monoisotopic (exact) mass is 494 g/mol. The molecule has 0 saturated carbocycles. The molecule has 0 spiro atoms. The lowest BCUT2D eigenvalue weighted by Gasteiger charge is -2.13. The van der Waals surface area contributed by atoms with Crippen LogP contribution in [0.1, 0.15) is 11.1 Å². The molecule has 2 amide bonds. The number of hydrogen-bond donors (Lipinski definition) is 1. The summed E-state index contributed by atoms with van der Waals surface area (Å²) in [6.07, 6.45) is 1.77. The van der Waals surface area contributed by atoms with Crippen molar-refractivity contribution in [2.24, 2.45) is 0 Å². The van der Waals surface area contributed by atoms with E-state index in [1.165, 1.54) is 16.7 Å². The Hall–Kier alpha value is -3.13. The van der Waals surface area contributed by atoms with Crippen LogP contribution in [0.15, 0.2) is 77.7 Å². The highest BCUT2D eigenvalue weighted by Crippen LogP contribution is 2.36. The maximum absolute atomic E-state index is 12.9. The van der Waals surface area contributed by atoms with Gasteiger partial charge in [-0.3, -0.25) is 14.5 Å². The Labute approximate surface area is 206 Å². The fourth-order valence-electron chi connectivity index (χ4n) is 3.19. The van der Waals surface area contributed by atoms with E-state index in [-0.39, 0.29) is 18.4 Å². The fraction of sp³-hybridized carbons (Fsp3) is 0.0800. The van der Waals surface area contributed by atoms with Gasteiger partial charge in [-0.05, 0) is 60.5 Å². The first-order chi connectivity index (χ1) is 15.9. The summed E-state index contributed by atoms with van der Waals surface area (Å²) in [6.45, 7) is 1.67. The number of amides is 2. The zero-order valence-corrected chi connectivity index (χ0v) is 20.0. The number of nitrogens with zero attached hydrogens (tertiary/aromatic N) is 1. The summed E-state index contributed by atoms with van der Waals surface area (Å²) in [4.78, 5) is 27.3. The van der Waals surface area contributed by atoms with Crippen molar-refractivity contribution in [3.8, 4) is 5.75 Å². The van der Waals surface area contributed by atoms with Gasteiger partial charge in [0.25, 0.3) is 11.8 Å². The van der Waals surface area contributed by atoms with Crippen LogP contribution in [0.4, 0.5) is 11.4 Å². The van der Waals surface area contributed by atoms with E-state index < -0.39 is 0 Å². The minimum atomic E-state index is -0.297. The average molecular weight is 495 g/mol. The van der Waals surface area contributed by atoms with Crippen LogP contribution >= 0.6 is 35.6 Å². The van der Waals surface area contributed by atoms with E-state index in [1.54, 1.807) is 42.5 Å². The van der Waals surface area contributed by atoms with Crippen LogP contribution in [0.5, 0.6) is 5.75 Å². The van der Waals surface area contributed by atoms with Gasteiger partial charge in [-0.1, -0.05) is 72.0 Å². The summed E-state index contributed by atoms with van der Waals surface area (Å²) < 4.78 is 6.14. The SMILES string of the molecule is Cc1c(Cl)cccc1NC(=O)COc1cccc(/C=C2\SC(=S)N(c3ccccc3)C2=O)c1. The molecule has 0 radical (unpaired) electrons. The lowest BCUT2D eigenvalue weighted by molar-refractivity contribution is -0.118. The molecule has 1 aliphatic heterocycles. The van der Waals surface area contributed by atoms with Crippen molar-refractivity contribution in [2.75, 3.05) is 16.8 Å². The van der Waals surface area contributed by atoms with Crippen LogP contribution in [0.3, 0.4) is 0 Å². The Bertz CT molecular complexity index is 1260. The highest BCUT2D eigenvalue weighted by atomic mass is 35.5. The lowest BCUT2D eigenvalue weighted by atomic mass is 10.2. The predicted molar refractivity (Wildman–Crippen MR) is 139 cm³/mol. The Morgan fingerprint density at radius 3 is 2.67 bits per heavy atom. The molecule has 33 heavy (non-hydrogen) atoms. The van der Waals surface area contributed by atoms with Gasteiger partial charge in [0.15, 0.2) is 10.9 Å². The minimum Gasteiger partial charge on any atom is -0.484 e. The van der Waals surface area contributed by atoms with E-state index >= 15 is 0 Å². The maximum Gasteiger partial charge on any atom is 0.270 e. The summed E-state index contributed by atoms with van der Waals surface area (Å²) >= 11 is 12.8. The van der Waals surface area contributed by atoms with E-state index in [0.717, 1.165) is 16.8 Å². The number of hydrogen-bond acceptors (Lipinski definition) is 5. The number of thiocarbonyl (C=S) groups is 1. The van der Waals surface area contributed by atoms with Gasteiger partial charge >= 0.3 is 0 Å². The van der Waals surface area contributed by atoms with Crippen molar-refractivity contribution in [3.63, 3.8) is 0 Å². The van der Waals surface area contributed by atoms with Crippen LogP contribution < -0.4 is 15.0 Å². The summed E-state index contributed by atoms with van der Waals surface area (Å²) in [5.74, 6) is 0.0496. The molecule has 1 aliphatic rings. The van der Waals surface area contributed by atoms with Crippen molar-refractivity contribution in [1.29, 1.82) is 0 Å². The van der Waals surface area contributed by atoms with Crippen molar-refractivity contribution in [2.45, 2.75) is 6.92 Å². The molecule has 0 atom stereocenters. The Morgan fingerprint density at radius 2 is 1.88 bits per heavy atom. The number of benzene rings is 3. The first-order valence-corrected chi connectivity index (χ1v) is 11.6. The molecule has 5 nitrogen and oxygen atoms in total. The van der Waals surface area contributed by atoms with Gasteiger partial charge in [0.05, 0.1) is 10.6 Å². The van der Waals surface area contributed by atoms with Gasteiger partial charge < -0.3 is 10.1 Å². The first-order valence-electron chi connectivity index (χ1n) is 10.0. The number of thioether (sulfide) groups is 1. The second-order valence-electron chi connectivity index (χ2n) is 7.17. The second kappa shape index (κ2) is 10.2. The number of ether oxygens (including phenoxy) is 1. The zero-order chi connectivity index (χ0) is 23.4. The molecule has 0 unspecified atom stereocenters. The van der Waals surface area contributed by atoms with Crippen LogP contribution in [0, 0.1) is 6.92 Å². The molecule has 0 aliphatic carbocycles. The number of anilines is 2. The lowest BCUT2D eigenvalue weighted by Crippen LogP contribution is -2.27. The molecule has 166 valence electrons. The van der Waals surface area contributed by atoms with Crippen LogP contribution in [0.25, 0.3) is 6.08 Å². The number of carbonyl (C=O) groups excluding carboxylic acids is 2. The molecule has 3 aromatic rings. The largest absolute Gasteiger partial charge is 0.484 e. The molecule has 1 saturated heterocycles. The van der Waals surface area contributed by atoms with E-state index in [4.69, 9.17) is 28.6 Å². The van der Waals surface area contributed by atoms with Crippen LogP contribution in [0.2, 0.25) is 5.02 Å². The molecular formula is C25H19ClN2O3S2. The number of nitrogens with one attached hydrogen (secondary N) is 1. The van der Waals surface area contributed by atoms with Crippen LogP contribution in [-0.4, -0.2) is 22.7 Å². The quantitative estimate of drug-likeness (QED) is 0.333. The zero-order valence-electron chi connectivity index (χ0n) is 17.6. The van der Waals surface area contributed by atoms with E-state index in [0.29, 0.717) is 25.7 Å². The smallest absolute Gasteiger partial charge is 0.270 e.